The lowest BCUT2D eigenvalue weighted by Gasteiger charge is -2.41. The molecule has 0 saturated carbocycles. The topological polar surface area (TPSA) is 38.9 Å². The van der Waals surface area contributed by atoms with Crippen LogP contribution in [0, 0.1) is 0 Å². The van der Waals surface area contributed by atoms with Crippen LogP contribution in [0.15, 0.2) is 134 Å². The van der Waals surface area contributed by atoms with E-state index in [1.165, 1.54) is 27.4 Å². The van der Waals surface area contributed by atoms with Gasteiger partial charge in [0.2, 0.25) is 0 Å². The zero-order valence-electron chi connectivity index (χ0n) is 25.4. The molecule has 0 bridgehead atoms. The van der Waals surface area contributed by atoms with Crippen LogP contribution in [0.2, 0.25) is 0 Å². The summed E-state index contributed by atoms with van der Waals surface area (Å²) in [6, 6.07) is 45.5. The molecule has 0 amide bonds. The molecule has 0 N–H and O–H groups in total. The summed E-state index contributed by atoms with van der Waals surface area (Å²) in [6.45, 7) is 4.65. The van der Waals surface area contributed by atoms with Crippen LogP contribution in [-0.2, 0) is 12.5 Å². The van der Waals surface area contributed by atoms with Gasteiger partial charge in [0.15, 0.2) is 0 Å². The molecule has 0 atom stereocenters. The molecule has 1 aliphatic rings. The highest BCUT2D eigenvalue weighted by molar-refractivity contribution is 6.10. The van der Waals surface area contributed by atoms with Crippen LogP contribution in [0.3, 0.4) is 0 Å². The van der Waals surface area contributed by atoms with Gasteiger partial charge in [0.05, 0.1) is 33.4 Å². The molecule has 45 heavy (non-hydrogen) atoms. The van der Waals surface area contributed by atoms with E-state index in [1.54, 1.807) is 0 Å². The molecule has 0 radical (unpaired) electrons. The van der Waals surface area contributed by atoms with Crippen molar-refractivity contribution < 1.29 is 0 Å². The van der Waals surface area contributed by atoms with Crippen LogP contribution >= 0.6 is 0 Å². The van der Waals surface area contributed by atoms with Gasteiger partial charge in [0.1, 0.15) is 11.6 Å². The zero-order chi connectivity index (χ0) is 30.3. The maximum Gasteiger partial charge on any atom is 0.140 e. The summed E-state index contributed by atoms with van der Waals surface area (Å²) in [6.07, 6.45) is 1.87. The molecular weight excluding hydrogens is 550 g/mol. The number of imidazole rings is 1. The molecule has 0 saturated heterocycles. The first-order valence-electron chi connectivity index (χ1n) is 15.4. The van der Waals surface area contributed by atoms with Crippen molar-refractivity contribution in [3.8, 4) is 17.1 Å². The highest BCUT2D eigenvalue weighted by Gasteiger charge is 2.37. The number of hydrogen-bond donors (Lipinski definition) is 0. The van der Waals surface area contributed by atoms with E-state index in [1.807, 2.05) is 18.3 Å². The molecular formula is C40H31N5. The van der Waals surface area contributed by atoms with E-state index in [2.05, 4.69) is 150 Å². The lowest BCUT2D eigenvalue weighted by molar-refractivity contribution is 0.631. The van der Waals surface area contributed by atoms with Gasteiger partial charge in [-0.25, -0.2) is 9.97 Å². The van der Waals surface area contributed by atoms with Crippen molar-refractivity contribution in [2.24, 2.45) is 7.05 Å². The highest BCUT2D eigenvalue weighted by atomic mass is 15.2. The van der Waals surface area contributed by atoms with Gasteiger partial charge in [0, 0.05) is 40.7 Å². The summed E-state index contributed by atoms with van der Waals surface area (Å²) in [7, 11) is 2.10. The molecule has 0 aliphatic carbocycles. The van der Waals surface area contributed by atoms with E-state index in [9.17, 15) is 0 Å². The molecule has 1 aliphatic heterocycles. The minimum Gasteiger partial charge on any atom is -0.327 e. The Labute approximate surface area is 261 Å². The molecule has 4 heterocycles. The molecule has 216 valence electrons. The van der Waals surface area contributed by atoms with Gasteiger partial charge in [0.25, 0.3) is 0 Å². The number of rotatable bonds is 3. The lowest BCUT2D eigenvalue weighted by atomic mass is 9.73. The number of aryl methyl sites for hydroxylation is 1. The second kappa shape index (κ2) is 9.41. The van der Waals surface area contributed by atoms with Crippen molar-refractivity contribution >= 4 is 50.0 Å². The number of para-hydroxylation sites is 4. The summed E-state index contributed by atoms with van der Waals surface area (Å²) in [5, 5.41) is 2.45. The minimum atomic E-state index is -0.177. The number of anilines is 3. The fourth-order valence-corrected chi connectivity index (χ4v) is 7.37. The molecule has 9 rings (SSSR count). The van der Waals surface area contributed by atoms with Crippen LogP contribution in [0.5, 0.6) is 0 Å². The normalized spacial score (nSPS) is 13.8. The minimum absolute atomic E-state index is 0.177. The maximum absolute atomic E-state index is 5.02. The fourth-order valence-electron chi connectivity index (χ4n) is 7.37. The first-order valence-corrected chi connectivity index (χ1v) is 15.4. The van der Waals surface area contributed by atoms with E-state index in [0.29, 0.717) is 0 Å². The van der Waals surface area contributed by atoms with E-state index in [0.717, 1.165) is 50.8 Å². The first kappa shape index (κ1) is 25.8. The Hall–Kier alpha value is -5.68. The summed E-state index contributed by atoms with van der Waals surface area (Å²) in [4.78, 5) is 12.2. The quantitative estimate of drug-likeness (QED) is 0.208. The Morgan fingerprint density at radius 1 is 0.600 bits per heavy atom. The Morgan fingerprint density at radius 3 is 2.18 bits per heavy atom. The summed E-state index contributed by atoms with van der Waals surface area (Å²) in [5.74, 6) is 1.87. The van der Waals surface area contributed by atoms with Crippen LogP contribution in [0.25, 0.3) is 49.9 Å². The number of hydrogen-bond acceptors (Lipinski definition) is 3. The second-order valence-electron chi connectivity index (χ2n) is 12.4. The predicted molar refractivity (Wildman–Crippen MR) is 185 cm³/mol. The van der Waals surface area contributed by atoms with Crippen molar-refractivity contribution in [2.45, 2.75) is 19.3 Å². The molecule has 0 fully saturated rings. The van der Waals surface area contributed by atoms with Gasteiger partial charge < -0.3 is 9.13 Å². The Morgan fingerprint density at radius 2 is 1.33 bits per heavy atom. The molecule has 5 aromatic carbocycles. The molecule has 0 spiro atoms. The van der Waals surface area contributed by atoms with Gasteiger partial charge in [-0.15, -0.1) is 0 Å². The predicted octanol–water partition coefficient (Wildman–Crippen LogP) is 9.84. The van der Waals surface area contributed by atoms with Gasteiger partial charge in [-0.3, -0.25) is 4.90 Å². The molecule has 0 unspecified atom stereocenters. The smallest absolute Gasteiger partial charge is 0.140 e. The lowest BCUT2D eigenvalue weighted by Crippen LogP contribution is -2.31. The van der Waals surface area contributed by atoms with Crippen molar-refractivity contribution in [1.29, 1.82) is 0 Å². The number of fused-ring (bicyclic) bond motifs is 6. The largest absolute Gasteiger partial charge is 0.327 e. The van der Waals surface area contributed by atoms with Gasteiger partial charge in [-0.05, 0) is 65.7 Å². The van der Waals surface area contributed by atoms with Crippen molar-refractivity contribution in [2.75, 3.05) is 4.90 Å². The number of nitrogens with zero attached hydrogens (tertiary/aromatic N) is 5. The summed E-state index contributed by atoms with van der Waals surface area (Å²) >= 11 is 0. The second-order valence-corrected chi connectivity index (χ2v) is 12.4. The van der Waals surface area contributed by atoms with Crippen LogP contribution in [0.1, 0.15) is 25.0 Å². The molecule has 3 aromatic heterocycles. The van der Waals surface area contributed by atoms with E-state index < -0.39 is 0 Å². The zero-order valence-corrected chi connectivity index (χ0v) is 25.4. The highest BCUT2D eigenvalue weighted by Crippen LogP contribution is 2.52. The van der Waals surface area contributed by atoms with E-state index in [4.69, 9.17) is 9.97 Å². The van der Waals surface area contributed by atoms with E-state index in [-0.39, 0.29) is 5.41 Å². The first-order chi connectivity index (χ1) is 22.0. The average molecular weight is 582 g/mol. The Balaban J connectivity index is 1.31. The van der Waals surface area contributed by atoms with Gasteiger partial charge in [-0.2, -0.15) is 0 Å². The number of aromatic nitrogens is 4. The van der Waals surface area contributed by atoms with Gasteiger partial charge >= 0.3 is 0 Å². The van der Waals surface area contributed by atoms with Crippen molar-refractivity contribution in [1.82, 2.24) is 19.1 Å². The molecule has 5 heteroatoms. The van der Waals surface area contributed by atoms with Gasteiger partial charge in [-0.1, -0.05) is 86.6 Å². The average Bonchev–Trinajstić information content (AvgIpc) is 3.59. The van der Waals surface area contributed by atoms with E-state index >= 15 is 0 Å². The fraction of sp³-hybridized carbons (Fsp3) is 0.100. The summed E-state index contributed by atoms with van der Waals surface area (Å²) in [5.41, 5.74) is 11.4. The summed E-state index contributed by atoms with van der Waals surface area (Å²) < 4.78 is 4.59. The monoisotopic (exact) mass is 581 g/mol. The van der Waals surface area contributed by atoms with Crippen LogP contribution in [-0.4, -0.2) is 19.1 Å². The third-order valence-corrected chi connectivity index (χ3v) is 9.57. The van der Waals surface area contributed by atoms with Crippen molar-refractivity contribution in [3.05, 3.63) is 145 Å². The third-order valence-electron chi connectivity index (χ3n) is 9.57. The van der Waals surface area contributed by atoms with Crippen LogP contribution < -0.4 is 4.90 Å². The molecule has 8 aromatic rings. The Bertz CT molecular complexity index is 2430. The SMILES string of the molecule is Cn1c(-c2ccc3c4ccccc4n(-c4ccc5c(c4)N(c4ccccn4)c4ccccc4C5(C)C)c3c2)nc2ccccc21. The third kappa shape index (κ3) is 3.67. The standard InChI is InChI=1S/C40H31N5/c1-40(2)30-13-5-8-16-34(30)45(38-18-10-11-23-41-38)37-25-27(20-22-31(37)40)44-33-15-7-4-12-28(33)29-21-19-26(24-36(29)44)39-42-32-14-6-9-17-35(32)43(39)3/h4-25H,1-3H3. The van der Waals surface area contributed by atoms with Crippen LogP contribution in [0.4, 0.5) is 17.2 Å². The number of benzene rings is 5. The maximum atomic E-state index is 5.02. The Kier molecular flexibility index (Phi) is 5.39. The molecule has 5 nitrogen and oxygen atoms in total. The number of pyridine rings is 1. The van der Waals surface area contributed by atoms with Crippen molar-refractivity contribution in [3.63, 3.8) is 0 Å².